The van der Waals surface area contributed by atoms with Crippen LogP contribution in [0, 0.1) is 0 Å². The maximum absolute atomic E-state index is 13.2. The lowest BCUT2D eigenvalue weighted by Gasteiger charge is -2.22. The fourth-order valence-corrected chi connectivity index (χ4v) is 4.45. The second-order valence-electron chi connectivity index (χ2n) is 8.74. The molecule has 3 aromatic rings. The van der Waals surface area contributed by atoms with Crippen molar-refractivity contribution < 1.29 is 14.3 Å². The van der Waals surface area contributed by atoms with Gasteiger partial charge in [-0.2, -0.15) is 0 Å². The largest absolute Gasteiger partial charge is 0.492 e. The Labute approximate surface area is 217 Å². The van der Waals surface area contributed by atoms with Crippen molar-refractivity contribution >= 4 is 34.8 Å². The van der Waals surface area contributed by atoms with E-state index in [-0.39, 0.29) is 16.9 Å². The van der Waals surface area contributed by atoms with E-state index in [4.69, 9.17) is 17.0 Å². The molecule has 6 nitrogen and oxygen atoms in total. The van der Waals surface area contributed by atoms with Gasteiger partial charge in [0.15, 0.2) is 5.11 Å². The number of rotatable bonds is 7. The molecule has 0 unspecified atom stereocenters. The minimum Gasteiger partial charge on any atom is -0.492 e. The number of thiocarbonyl (C=S) groups is 1. The Morgan fingerprint density at radius 2 is 1.44 bits per heavy atom. The number of likely N-dealkylation sites (tertiary alicyclic amines) is 1. The molecular weight excluding hydrogens is 470 g/mol. The van der Waals surface area contributed by atoms with Gasteiger partial charge in [0.05, 0.1) is 23.4 Å². The molecule has 3 aromatic carbocycles. The van der Waals surface area contributed by atoms with Gasteiger partial charge in [0.2, 0.25) is 0 Å². The molecule has 0 saturated carbocycles. The highest BCUT2D eigenvalue weighted by Crippen LogP contribution is 2.21. The molecular formula is C29H31N3O3S. The van der Waals surface area contributed by atoms with Crippen LogP contribution in [0.5, 0.6) is 5.75 Å². The molecule has 1 saturated heterocycles. The molecule has 0 aromatic heterocycles. The summed E-state index contributed by atoms with van der Waals surface area (Å²) in [7, 11) is 0. The minimum absolute atomic E-state index is 0.0220. The third kappa shape index (κ3) is 6.92. The van der Waals surface area contributed by atoms with Crippen LogP contribution in [0.2, 0.25) is 0 Å². The first kappa shape index (κ1) is 25.4. The minimum atomic E-state index is -0.376. The van der Waals surface area contributed by atoms with Crippen molar-refractivity contribution in [3.63, 3.8) is 0 Å². The second-order valence-corrected chi connectivity index (χ2v) is 9.15. The van der Waals surface area contributed by atoms with Gasteiger partial charge in [0.1, 0.15) is 5.75 Å². The summed E-state index contributed by atoms with van der Waals surface area (Å²) in [4.78, 5) is 28.1. The smallest absolute Gasteiger partial charge is 0.261 e. The van der Waals surface area contributed by atoms with E-state index < -0.39 is 0 Å². The molecule has 2 amide bonds. The highest BCUT2D eigenvalue weighted by Gasteiger charge is 2.21. The standard InChI is InChI=1S/C29H31N3O3S/c33-27(24-15-7-9-17-26(24)35-21-18-22-12-4-3-5-13-22)31-29(36)30-25-16-8-6-14-23(25)28(34)32-19-10-1-2-11-20-32/h3-9,12-17H,1-2,10-11,18-21H2,(H2,30,31,33,36). The van der Waals surface area contributed by atoms with Crippen LogP contribution < -0.4 is 15.4 Å². The van der Waals surface area contributed by atoms with Crippen LogP contribution in [-0.4, -0.2) is 41.5 Å². The zero-order chi connectivity index (χ0) is 25.2. The van der Waals surface area contributed by atoms with E-state index in [9.17, 15) is 9.59 Å². The van der Waals surface area contributed by atoms with Crippen LogP contribution >= 0.6 is 12.2 Å². The number of nitrogens with one attached hydrogen (secondary N) is 2. The molecule has 0 atom stereocenters. The Kier molecular flexibility index (Phi) is 9.05. The lowest BCUT2D eigenvalue weighted by atomic mass is 10.1. The Balaban J connectivity index is 1.38. The third-order valence-corrected chi connectivity index (χ3v) is 6.35. The van der Waals surface area contributed by atoms with Gasteiger partial charge in [-0.25, -0.2) is 0 Å². The van der Waals surface area contributed by atoms with E-state index in [1.807, 2.05) is 53.4 Å². The Morgan fingerprint density at radius 1 is 0.806 bits per heavy atom. The summed E-state index contributed by atoms with van der Waals surface area (Å²) in [6, 6.07) is 24.4. The van der Waals surface area contributed by atoms with Crippen LogP contribution in [0.4, 0.5) is 5.69 Å². The number of nitrogens with zero attached hydrogens (tertiary/aromatic N) is 1. The number of carbonyl (C=O) groups is 2. The quantitative estimate of drug-likeness (QED) is 0.421. The van der Waals surface area contributed by atoms with E-state index in [0.717, 1.165) is 50.8 Å². The molecule has 1 aliphatic rings. The molecule has 0 radical (unpaired) electrons. The molecule has 0 aliphatic carbocycles. The maximum atomic E-state index is 13.2. The highest BCUT2D eigenvalue weighted by molar-refractivity contribution is 7.80. The first-order valence-electron chi connectivity index (χ1n) is 12.4. The van der Waals surface area contributed by atoms with Crippen LogP contribution in [0.25, 0.3) is 0 Å². The fourth-order valence-electron chi connectivity index (χ4n) is 4.25. The van der Waals surface area contributed by atoms with Gasteiger partial charge in [0, 0.05) is 19.5 Å². The van der Waals surface area contributed by atoms with E-state index >= 15 is 0 Å². The maximum Gasteiger partial charge on any atom is 0.261 e. The van der Waals surface area contributed by atoms with Crippen molar-refractivity contribution in [3.8, 4) is 5.75 Å². The molecule has 0 bridgehead atoms. The van der Waals surface area contributed by atoms with Gasteiger partial charge in [0.25, 0.3) is 11.8 Å². The number of benzene rings is 3. The van der Waals surface area contributed by atoms with Gasteiger partial charge in [-0.15, -0.1) is 0 Å². The molecule has 2 N–H and O–H groups in total. The van der Waals surface area contributed by atoms with Crippen LogP contribution in [0.15, 0.2) is 78.9 Å². The van der Waals surface area contributed by atoms with E-state index in [0.29, 0.717) is 29.2 Å². The fraction of sp³-hybridized carbons (Fsp3) is 0.276. The number of anilines is 1. The lowest BCUT2D eigenvalue weighted by molar-refractivity contribution is 0.0762. The Morgan fingerprint density at radius 3 is 2.19 bits per heavy atom. The molecule has 186 valence electrons. The lowest BCUT2D eigenvalue weighted by Crippen LogP contribution is -2.36. The summed E-state index contributed by atoms with van der Waals surface area (Å²) in [5.41, 5.74) is 2.67. The van der Waals surface area contributed by atoms with E-state index in [2.05, 4.69) is 10.6 Å². The van der Waals surface area contributed by atoms with Crippen molar-refractivity contribution in [2.75, 3.05) is 25.0 Å². The number of carbonyl (C=O) groups excluding carboxylic acids is 2. The number of hydrogen-bond acceptors (Lipinski definition) is 4. The first-order valence-corrected chi connectivity index (χ1v) is 12.8. The van der Waals surface area contributed by atoms with Crippen LogP contribution in [0.1, 0.15) is 52.0 Å². The Bertz CT molecular complexity index is 1190. The zero-order valence-electron chi connectivity index (χ0n) is 20.2. The zero-order valence-corrected chi connectivity index (χ0v) is 21.1. The summed E-state index contributed by atoms with van der Waals surface area (Å²) < 4.78 is 5.92. The van der Waals surface area contributed by atoms with Gasteiger partial charge in [-0.05, 0) is 54.9 Å². The molecule has 0 spiro atoms. The summed E-state index contributed by atoms with van der Waals surface area (Å²) in [5, 5.41) is 5.89. The van der Waals surface area contributed by atoms with Crippen LogP contribution in [-0.2, 0) is 6.42 Å². The van der Waals surface area contributed by atoms with E-state index in [1.54, 1.807) is 30.3 Å². The average molecular weight is 502 g/mol. The summed E-state index contributed by atoms with van der Waals surface area (Å²) in [6.45, 7) is 1.97. The van der Waals surface area contributed by atoms with Gasteiger partial charge >= 0.3 is 0 Å². The van der Waals surface area contributed by atoms with Crippen molar-refractivity contribution in [3.05, 3.63) is 95.6 Å². The molecule has 4 rings (SSSR count). The van der Waals surface area contributed by atoms with Gasteiger partial charge in [-0.3, -0.25) is 14.9 Å². The molecule has 1 aliphatic heterocycles. The second kappa shape index (κ2) is 12.8. The highest BCUT2D eigenvalue weighted by atomic mass is 32.1. The summed E-state index contributed by atoms with van der Waals surface area (Å²) in [6.07, 6.45) is 5.07. The first-order chi connectivity index (χ1) is 17.6. The predicted octanol–water partition coefficient (Wildman–Crippen LogP) is 5.45. The summed E-state index contributed by atoms with van der Waals surface area (Å²) >= 11 is 5.42. The predicted molar refractivity (Wildman–Crippen MR) is 147 cm³/mol. The van der Waals surface area contributed by atoms with Gasteiger partial charge in [-0.1, -0.05) is 67.4 Å². The van der Waals surface area contributed by atoms with Gasteiger partial charge < -0.3 is 15.0 Å². The normalized spacial score (nSPS) is 13.4. The molecule has 7 heteroatoms. The van der Waals surface area contributed by atoms with Crippen molar-refractivity contribution in [2.24, 2.45) is 0 Å². The summed E-state index contributed by atoms with van der Waals surface area (Å²) in [5.74, 6) is 0.0934. The molecule has 36 heavy (non-hydrogen) atoms. The molecule has 1 fully saturated rings. The van der Waals surface area contributed by atoms with Crippen LogP contribution in [0.3, 0.4) is 0 Å². The number of hydrogen-bond donors (Lipinski definition) is 2. The third-order valence-electron chi connectivity index (χ3n) is 6.15. The molecule has 1 heterocycles. The average Bonchev–Trinajstić information content (AvgIpc) is 3.19. The SMILES string of the molecule is O=C(NC(=S)Nc1ccccc1C(=O)N1CCCCCC1)c1ccccc1OCCc1ccccc1. The van der Waals surface area contributed by atoms with Crippen molar-refractivity contribution in [1.82, 2.24) is 10.2 Å². The van der Waals surface area contributed by atoms with Crippen molar-refractivity contribution in [1.29, 1.82) is 0 Å². The monoisotopic (exact) mass is 501 g/mol. The van der Waals surface area contributed by atoms with E-state index in [1.165, 1.54) is 0 Å². The topological polar surface area (TPSA) is 70.7 Å². The number of amides is 2. The number of ether oxygens (including phenoxy) is 1. The van der Waals surface area contributed by atoms with Crippen molar-refractivity contribution in [2.45, 2.75) is 32.1 Å². The Hall–Kier alpha value is -3.71. The number of para-hydroxylation sites is 2.